The van der Waals surface area contributed by atoms with Crippen molar-refractivity contribution in [3.63, 3.8) is 0 Å². The second-order valence-corrected chi connectivity index (χ2v) is 7.15. The molecule has 0 radical (unpaired) electrons. The number of carbonyl (C=O) groups excluding carboxylic acids is 3. The SMILES string of the molecule is C=CC(=O)N1CCC(C(=O)N2Cc3ccccc3C[C@@H]2C(=O)NCC)CC1. The quantitative estimate of drug-likeness (QED) is 0.818. The van der Waals surface area contributed by atoms with Crippen molar-refractivity contribution in [2.24, 2.45) is 5.92 Å². The van der Waals surface area contributed by atoms with Crippen LogP contribution in [0, 0.1) is 5.92 Å². The second-order valence-electron chi connectivity index (χ2n) is 7.15. The van der Waals surface area contributed by atoms with Crippen molar-refractivity contribution in [1.29, 1.82) is 0 Å². The fourth-order valence-corrected chi connectivity index (χ4v) is 3.99. The van der Waals surface area contributed by atoms with Gasteiger partial charge in [0.05, 0.1) is 0 Å². The Morgan fingerprint density at radius 3 is 2.48 bits per heavy atom. The lowest BCUT2D eigenvalue weighted by Gasteiger charge is -2.39. The van der Waals surface area contributed by atoms with Crippen LogP contribution in [0.25, 0.3) is 0 Å². The molecule has 1 aromatic rings. The molecule has 0 saturated carbocycles. The van der Waals surface area contributed by atoms with Crippen molar-refractivity contribution in [3.05, 3.63) is 48.0 Å². The van der Waals surface area contributed by atoms with Crippen LogP contribution in [0.3, 0.4) is 0 Å². The molecule has 0 unspecified atom stereocenters. The van der Waals surface area contributed by atoms with E-state index >= 15 is 0 Å². The van der Waals surface area contributed by atoms with Crippen LogP contribution in [-0.2, 0) is 27.3 Å². The van der Waals surface area contributed by atoms with E-state index in [0.717, 1.165) is 11.1 Å². The van der Waals surface area contributed by atoms with E-state index in [1.54, 1.807) is 9.80 Å². The van der Waals surface area contributed by atoms with Crippen LogP contribution in [0.1, 0.15) is 30.9 Å². The molecule has 3 rings (SSSR count). The van der Waals surface area contributed by atoms with Crippen LogP contribution in [0.5, 0.6) is 0 Å². The van der Waals surface area contributed by atoms with Crippen molar-refractivity contribution in [3.8, 4) is 0 Å². The van der Waals surface area contributed by atoms with Gasteiger partial charge >= 0.3 is 0 Å². The Hall–Kier alpha value is -2.63. The molecule has 1 aromatic carbocycles. The Labute approximate surface area is 160 Å². The van der Waals surface area contributed by atoms with E-state index < -0.39 is 6.04 Å². The second kappa shape index (κ2) is 8.37. The van der Waals surface area contributed by atoms with Gasteiger partial charge in [-0.25, -0.2) is 0 Å². The number of likely N-dealkylation sites (N-methyl/N-ethyl adjacent to an activating group) is 1. The number of fused-ring (bicyclic) bond motifs is 1. The number of carbonyl (C=O) groups is 3. The van der Waals surface area contributed by atoms with E-state index in [-0.39, 0.29) is 23.6 Å². The highest BCUT2D eigenvalue weighted by Crippen LogP contribution is 2.28. The van der Waals surface area contributed by atoms with Gasteiger partial charge in [0, 0.05) is 38.5 Å². The monoisotopic (exact) mass is 369 g/mol. The van der Waals surface area contributed by atoms with Crippen LogP contribution in [0.2, 0.25) is 0 Å². The number of amides is 3. The number of benzene rings is 1. The Morgan fingerprint density at radius 1 is 1.19 bits per heavy atom. The predicted molar refractivity (Wildman–Crippen MR) is 103 cm³/mol. The summed E-state index contributed by atoms with van der Waals surface area (Å²) in [6.07, 6.45) is 3.10. The molecule has 27 heavy (non-hydrogen) atoms. The molecule has 0 aliphatic carbocycles. The van der Waals surface area contributed by atoms with E-state index in [2.05, 4.69) is 11.9 Å². The lowest BCUT2D eigenvalue weighted by atomic mass is 9.89. The minimum atomic E-state index is -0.472. The van der Waals surface area contributed by atoms with Gasteiger partial charge in [0.2, 0.25) is 17.7 Å². The van der Waals surface area contributed by atoms with E-state index in [1.807, 2.05) is 31.2 Å². The van der Waals surface area contributed by atoms with E-state index in [0.29, 0.717) is 45.4 Å². The Bertz CT molecular complexity index is 738. The molecule has 0 aromatic heterocycles. The molecule has 6 heteroatoms. The molecule has 2 aliphatic rings. The fourth-order valence-electron chi connectivity index (χ4n) is 3.99. The summed E-state index contributed by atoms with van der Waals surface area (Å²) in [6, 6.07) is 7.52. The summed E-state index contributed by atoms with van der Waals surface area (Å²) in [5.74, 6) is -0.319. The van der Waals surface area contributed by atoms with Crippen molar-refractivity contribution in [2.45, 2.75) is 38.8 Å². The van der Waals surface area contributed by atoms with Crippen molar-refractivity contribution < 1.29 is 14.4 Å². The minimum absolute atomic E-state index is 0.0199. The number of rotatable bonds is 4. The molecule has 1 N–H and O–H groups in total. The molecule has 2 heterocycles. The largest absolute Gasteiger partial charge is 0.355 e. The van der Waals surface area contributed by atoms with Crippen molar-refractivity contribution >= 4 is 17.7 Å². The highest BCUT2D eigenvalue weighted by molar-refractivity contribution is 5.90. The molecule has 1 fully saturated rings. The fraction of sp³-hybridized carbons (Fsp3) is 0.476. The molecule has 3 amide bonds. The highest BCUT2D eigenvalue weighted by atomic mass is 16.2. The van der Waals surface area contributed by atoms with Crippen LogP contribution < -0.4 is 5.32 Å². The summed E-state index contributed by atoms with van der Waals surface area (Å²) >= 11 is 0. The topological polar surface area (TPSA) is 69.7 Å². The molecule has 0 spiro atoms. The highest BCUT2D eigenvalue weighted by Gasteiger charge is 2.38. The van der Waals surface area contributed by atoms with E-state index in [1.165, 1.54) is 6.08 Å². The predicted octanol–water partition coefficient (Wildman–Crippen LogP) is 1.50. The van der Waals surface area contributed by atoms with Crippen LogP contribution in [0.4, 0.5) is 0 Å². The first kappa shape index (κ1) is 19.1. The number of piperidine rings is 1. The molecular weight excluding hydrogens is 342 g/mol. The summed E-state index contributed by atoms with van der Waals surface area (Å²) in [6.45, 7) is 7.51. The summed E-state index contributed by atoms with van der Waals surface area (Å²) < 4.78 is 0. The molecular formula is C21H27N3O3. The number of hydrogen-bond acceptors (Lipinski definition) is 3. The van der Waals surface area contributed by atoms with E-state index in [4.69, 9.17) is 0 Å². The van der Waals surface area contributed by atoms with Crippen molar-refractivity contribution in [2.75, 3.05) is 19.6 Å². The molecule has 144 valence electrons. The maximum Gasteiger partial charge on any atom is 0.245 e. The summed E-state index contributed by atoms with van der Waals surface area (Å²) in [4.78, 5) is 41.1. The number of nitrogens with zero attached hydrogens (tertiary/aromatic N) is 2. The van der Waals surface area contributed by atoms with E-state index in [9.17, 15) is 14.4 Å². The minimum Gasteiger partial charge on any atom is -0.355 e. The zero-order chi connectivity index (χ0) is 19.4. The van der Waals surface area contributed by atoms with Gasteiger partial charge in [0.25, 0.3) is 0 Å². The van der Waals surface area contributed by atoms with Gasteiger partial charge in [-0.15, -0.1) is 0 Å². The van der Waals surface area contributed by atoms with Crippen LogP contribution in [0.15, 0.2) is 36.9 Å². The lowest BCUT2D eigenvalue weighted by Crippen LogP contribution is -2.55. The average Bonchev–Trinajstić information content (AvgIpc) is 2.72. The Balaban J connectivity index is 1.76. The van der Waals surface area contributed by atoms with Gasteiger partial charge in [-0.2, -0.15) is 0 Å². The number of likely N-dealkylation sites (tertiary alicyclic amines) is 1. The standard InChI is InChI=1S/C21H27N3O3/c1-3-19(25)23-11-9-15(10-12-23)21(27)24-14-17-8-6-5-7-16(17)13-18(24)20(26)22-4-2/h3,5-8,15,18H,1,4,9-14H2,2H3,(H,22,26)/t18-/m1/s1. The molecule has 2 aliphatic heterocycles. The van der Waals surface area contributed by atoms with Gasteiger partial charge in [-0.05, 0) is 37.0 Å². The first-order chi connectivity index (χ1) is 13.0. The average molecular weight is 369 g/mol. The van der Waals surface area contributed by atoms with Gasteiger partial charge in [-0.3, -0.25) is 14.4 Å². The summed E-state index contributed by atoms with van der Waals surface area (Å²) in [5.41, 5.74) is 2.23. The van der Waals surface area contributed by atoms with Gasteiger partial charge in [-0.1, -0.05) is 30.8 Å². The van der Waals surface area contributed by atoms with Crippen LogP contribution in [-0.4, -0.2) is 53.2 Å². The first-order valence-electron chi connectivity index (χ1n) is 9.61. The maximum atomic E-state index is 13.3. The normalized spacial score (nSPS) is 20.0. The lowest BCUT2D eigenvalue weighted by molar-refractivity contribution is -0.147. The summed E-state index contributed by atoms with van der Waals surface area (Å²) in [5, 5.41) is 2.87. The third-order valence-corrected chi connectivity index (χ3v) is 5.52. The van der Waals surface area contributed by atoms with Crippen LogP contribution >= 0.6 is 0 Å². The molecule has 0 bridgehead atoms. The third kappa shape index (κ3) is 4.04. The molecule has 6 nitrogen and oxygen atoms in total. The van der Waals surface area contributed by atoms with Gasteiger partial charge in [0.1, 0.15) is 6.04 Å². The van der Waals surface area contributed by atoms with Crippen molar-refractivity contribution in [1.82, 2.24) is 15.1 Å². The Kier molecular flexibility index (Phi) is 5.94. The summed E-state index contributed by atoms with van der Waals surface area (Å²) in [7, 11) is 0. The number of nitrogens with one attached hydrogen (secondary N) is 1. The zero-order valence-electron chi connectivity index (χ0n) is 15.8. The Morgan fingerprint density at radius 2 is 1.85 bits per heavy atom. The number of hydrogen-bond donors (Lipinski definition) is 1. The molecule has 1 saturated heterocycles. The zero-order valence-corrected chi connectivity index (χ0v) is 15.8. The maximum absolute atomic E-state index is 13.3. The van der Waals surface area contributed by atoms with Gasteiger partial charge in [0.15, 0.2) is 0 Å². The first-order valence-corrected chi connectivity index (χ1v) is 9.61. The third-order valence-electron chi connectivity index (χ3n) is 5.52. The molecule has 1 atom stereocenters. The smallest absolute Gasteiger partial charge is 0.245 e. The van der Waals surface area contributed by atoms with Gasteiger partial charge < -0.3 is 15.1 Å².